The van der Waals surface area contributed by atoms with Crippen molar-refractivity contribution >= 4 is 34.5 Å². The van der Waals surface area contributed by atoms with Gasteiger partial charge in [0.15, 0.2) is 17.4 Å². The fraction of sp³-hybridized carbons (Fsp3) is 0.478. The second-order valence-corrected chi connectivity index (χ2v) is 9.20. The summed E-state index contributed by atoms with van der Waals surface area (Å²) in [6, 6.07) is 7.62. The van der Waals surface area contributed by atoms with Crippen LogP contribution in [0.2, 0.25) is 0 Å². The molecule has 33 heavy (non-hydrogen) atoms. The normalized spacial score (nSPS) is 11.2. The van der Waals surface area contributed by atoms with E-state index in [4.69, 9.17) is 14.5 Å². The van der Waals surface area contributed by atoms with E-state index in [1.165, 1.54) is 0 Å². The number of benzene rings is 1. The van der Waals surface area contributed by atoms with E-state index < -0.39 is 0 Å². The first-order valence-electron chi connectivity index (χ1n) is 11.1. The zero-order chi connectivity index (χ0) is 23.6. The molecule has 0 fully saturated rings. The number of ether oxygens (including phenoxy) is 2. The number of fused-ring (bicyclic) bond motifs is 1. The third kappa shape index (κ3) is 7.33. The van der Waals surface area contributed by atoms with Gasteiger partial charge in [-0.1, -0.05) is 43.8 Å². The molecule has 1 amide bonds. The Balaban J connectivity index is 1.62. The highest BCUT2D eigenvalue weighted by Gasteiger charge is 2.14. The lowest BCUT2D eigenvalue weighted by molar-refractivity contribution is -0.123. The Kier molecular flexibility index (Phi) is 9.32. The fourth-order valence-corrected chi connectivity index (χ4v) is 3.80. The first-order chi connectivity index (χ1) is 16.0. The van der Waals surface area contributed by atoms with Crippen molar-refractivity contribution in [2.75, 3.05) is 38.2 Å². The molecule has 1 aromatic carbocycles. The van der Waals surface area contributed by atoms with Gasteiger partial charge in [-0.05, 0) is 25.5 Å². The second kappa shape index (κ2) is 12.4. The van der Waals surface area contributed by atoms with E-state index in [2.05, 4.69) is 34.6 Å². The first-order valence-corrected chi connectivity index (χ1v) is 12.0. The van der Waals surface area contributed by atoms with E-state index >= 15 is 0 Å². The minimum atomic E-state index is -0.182. The molecule has 2 aromatic heterocycles. The first kappa shape index (κ1) is 24.8. The molecule has 2 N–H and O–H groups in total. The SMILES string of the molecule is CCOCCNc1nc(SC(C)C)nc2c1cnn2CCNC(=O)COc1ccccc1C. The molecular formula is C23H32N6O3S. The van der Waals surface area contributed by atoms with Gasteiger partial charge in [0.25, 0.3) is 5.91 Å². The number of hydrogen-bond donors (Lipinski definition) is 2. The Bertz CT molecular complexity index is 1060. The molecule has 0 bridgehead atoms. The van der Waals surface area contributed by atoms with Gasteiger partial charge in [0.1, 0.15) is 11.6 Å². The number of aromatic nitrogens is 4. The van der Waals surface area contributed by atoms with Gasteiger partial charge in [0, 0.05) is 24.9 Å². The van der Waals surface area contributed by atoms with Crippen molar-refractivity contribution < 1.29 is 14.3 Å². The lowest BCUT2D eigenvalue weighted by atomic mass is 10.2. The zero-order valence-electron chi connectivity index (χ0n) is 19.6. The third-order valence-electron chi connectivity index (χ3n) is 4.66. The van der Waals surface area contributed by atoms with Crippen LogP contribution in [0, 0.1) is 6.92 Å². The van der Waals surface area contributed by atoms with Crippen LogP contribution in [0.5, 0.6) is 5.75 Å². The number of aryl methyl sites for hydroxylation is 1. The molecule has 0 atom stereocenters. The molecule has 0 aliphatic carbocycles. The van der Waals surface area contributed by atoms with E-state index in [-0.39, 0.29) is 12.5 Å². The third-order valence-corrected chi connectivity index (χ3v) is 5.52. The van der Waals surface area contributed by atoms with Crippen molar-refractivity contribution in [2.24, 2.45) is 0 Å². The summed E-state index contributed by atoms with van der Waals surface area (Å²) < 4.78 is 12.8. The largest absolute Gasteiger partial charge is 0.484 e. The van der Waals surface area contributed by atoms with Crippen LogP contribution in [0.3, 0.4) is 0 Å². The molecule has 2 heterocycles. The van der Waals surface area contributed by atoms with Crippen molar-refractivity contribution in [1.82, 2.24) is 25.1 Å². The van der Waals surface area contributed by atoms with Crippen LogP contribution in [0.15, 0.2) is 35.6 Å². The number of rotatable bonds is 13. The minimum absolute atomic E-state index is 0.0318. The molecule has 3 aromatic rings. The Hall–Kier alpha value is -2.85. The summed E-state index contributed by atoms with van der Waals surface area (Å²) in [6.07, 6.45) is 1.76. The molecule has 0 aliphatic heterocycles. The molecule has 10 heteroatoms. The molecule has 0 radical (unpaired) electrons. The highest BCUT2D eigenvalue weighted by molar-refractivity contribution is 7.99. The molecule has 9 nitrogen and oxygen atoms in total. The van der Waals surface area contributed by atoms with E-state index in [9.17, 15) is 4.79 Å². The van der Waals surface area contributed by atoms with Crippen LogP contribution in [0.25, 0.3) is 11.0 Å². The van der Waals surface area contributed by atoms with Crippen molar-refractivity contribution in [3.8, 4) is 5.75 Å². The highest BCUT2D eigenvalue weighted by Crippen LogP contribution is 2.26. The number of carbonyl (C=O) groups excluding carboxylic acids is 1. The zero-order valence-corrected chi connectivity index (χ0v) is 20.4. The summed E-state index contributed by atoms with van der Waals surface area (Å²) in [6.45, 7) is 10.9. The van der Waals surface area contributed by atoms with Crippen molar-refractivity contribution in [3.05, 3.63) is 36.0 Å². The van der Waals surface area contributed by atoms with E-state index in [0.717, 1.165) is 22.4 Å². The maximum Gasteiger partial charge on any atom is 0.258 e. The van der Waals surface area contributed by atoms with E-state index in [0.29, 0.717) is 49.0 Å². The molecule has 0 saturated carbocycles. The smallest absolute Gasteiger partial charge is 0.258 e. The lowest BCUT2D eigenvalue weighted by Gasteiger charge is -2.11. The number of hydrogen-bond acceptors (Lipinski definition) is 8. The number of carbonyl (C=O) groups is 1. The predicted octanol–water partition coefficient (Wildman–Crippen LogP) is 3.28. The molecule has 178 valence electrons. The number of para-hydroxylation sites is 1. The molecule has 0 aliphatic rings. The van der Waals surface area contributed by atoms with Crippen molar-refractivity contribution in [2.45, 2.75) is 44.6 Å². The number of thioether (sulfide) groups is 1. The number of nitrogens with zero attached hydrogens (tertiary/aromatic N) is 4. The maximum absolute atomic E-state index is 12.2. The maximum atomic E-state index is 12.2. The Morgan fingerprint density at radius 3 is 2.79 bits per heavy atom. The van der Waals surface area contributed by atoms with Gasteiger partial charge in [-0.25, -0.2) is 14.6 Å². The van der Waals surface area contributed by atoms with Crippen LogP contribution in [-0.2, 0) is 16.1 Å². The number of amides is 1. The monoisotopic (exact) mass is 472 g/mol. The molecule has 0 unspecified atom stereocenters. The number of nitrogens with one attached hydrogen (secondary N) is 2. The van der Waals surface area contributed by atoms with E-state index in [1.54, 1.807) is 22.6 Å². The quantitative estimate of drug-likeness (QED) is 0.222. The molecule has 3 rings (SSSR count). The summed E-state index contributed by atoms with van der Waals surface area (Å²) in [7, 11) is 0. The summed E-state index contributed by atoms with van der Waals surface area (Å²) in [5.74, 6) is 1.27. The topological polar surface area (TPSA) is 103 Å². The van der Waals surface area contributed by atoms with Gasteiger partial charge in [0.2, 0.25) is 0 Å². The second-order valence-electron chi connectivity index (χ2n) is 7.65. The van der Waals surface area contributed by atoms with Crippen molar-refractivity contribution in [3.63, 3.8) is 0 Å². The Morgan fingerprint density at radius 1 is 1.21 bits per heavy atom. The van der Waals surface area contributed by atoms with Crippen molar-refractivity contribution in [1.29, 1.82) is 0 Å². The molecule has 0 spiro atoms. The van der Waals surface area contributed by atoms with Gasteiger partial charge in [-0.15, -0.1) is 0 Å². The molecular weight excluding hydrogens is 440 g/mol. The lowest BCUT2D eigenvalue weighted by Crippen LogP contribution is -2.31. The van der Waals surface area contributed by atoms with Crippen LogP contribution >= 0.6 is 11.8 Å². The molecule has 0 saturated heterocycles. The minimum Gasteiger partial charge on any atom is -0.484 e. The average Bonchev–Trinajstić information content (AvgIpc) is 3.18. The van der Waals surface area contributed by atoms with E-state index in [1.807, 2.05) is 38.1 Å². The summed E-state index contributed by atoms with van der Waals surface area (Å²) >= 11 is 1.60. The van der Waals surface area contributed by atoms with Crippen LogP contribution in [-0.4, -0.2) is 63.8 Å². The van der Waals surface area contributed by atoms with Gasteiger partial charge in [-0.2, -0.15) is 5.10 Å². The predicted molar refractivity (Wildman–Crippen MR) is 131 cm³/mol. The average molecular weight is 473 g/mol. The van der Waals surface area contributed by atoms with Gasteiger partial charge in [-0.3, -0.25) is 4.79 Å². The van der Waals surface area contributed by atoms with Gasteiger partial charge >= 0.3 is 0 Å². The fourth-order valence-electron chi connectivity index (χ4n) is 3.10. The van der Waals surface area contributed by atoms with Crippen LogP contribution < -0.4 is 15.4 Å². The summed E-state index contributed by atoms with van der Waals surface area (Å²) in [4.78, 5) is 21.6. The Labute approximate surface area is 198 Å². The van der Waals surface area contributed by atoms with Gasteiger partial charge in [0.05, 0.1) is 24.7 Å². The van der Waals surface area contributed by atoms with Crippen LogP contribution in [0.1, 0.15) is 26.3 Å². The van der Waals surface area contributed by atoms with Gasteiger partial charge < -0.3 is 20.1 Å². The standard InChI is InChI=1S/C23H32N6O3S/c1-5-31-13-11-25-21-18-14-26-29(22(18)28-23(27-21)33-16(2)3)12-10-24-20(30)15-32-19-9-7-6-8-17(19)4/h6-9,14,16H,5,10-13,15H2,1-4H3,(H,24,30)(H,25,27,28). The number of anilines is 1. The summed E-state index contributed by atoms with van der Waals surface area (Å²) in [5.41, 5.74) is 1.73. The van der Waals surface area contributed by atoms with Crippen LogP contribution in [0.4, 0.5) is 5.82 Å². The highest BCUT2D eigenvalue weighted by atomic mass is 32.2. The summed E-state index contributed by atoms with van der Waals surface area (Å²) in [5, 5.41) is 12.6. The Morgan fingerprint density at radius 2 is 2.03 bits per heavy atom.